The summed E-state index contributed by atoms with van der Waals surface area (Å²) in [5.41, 5.74) is 0.892. The second kappa shape index (κ2) is 9.01. The minimum Gasteiger partial charge on any atom is -0.486 e. The highest BCUT2D eigenvalue weighted by Gasteiger charge is 2.12. The number of carbonyl (C=O) groups excluding carboxylic acids is 1. The summed E-state index contributed by atoms with van der Waals surface area (Å²) < 4.78 is 5.69. The van der Waals surface area contributed by atoms with Crippen molar-refractivity contribution in [2.45, 2.75) is 20.1 Å². The Morgan fingerprint density at radius 2 is 1.96 bits per heavy atom. The lowest BCUT2D eigenvalue weighted by Crippen LogP contribution is -2.34. The Morgan fingerprint density at radius 1 is 1.25 bits per heavy atom. The molecule has 2 rings (SSSR count). The van der Waals surface area contributed by atoms with Crippen molar-refractivity contribution in [3.8, 4) is 5.75 Å². The van der Waals surface area contributed by atoms with Gasteiger partial charge in [-0.2, -0.15) is 0 Å². The topological polar surface area (TPSA) is 45.7 Å². The van der Waals surface area contributed by atoms with Gasteiger partial charge in [-0.15, -0.1) is 11.3 Å². The maximum absolute atomic E-state index is 11.8. The minimum atomic E-state index is 0.0591. The zero-order chi connectivity index (χ0) is 17.5. The molecule has 0 aliphatic carbocycles. The normalized spacial score (nSPS) is 10.9. The smallest absolute Gasteiger partial charge is 0.219 e. The number of hydrogen-bond acceptors (Lipinski definition) is 5. The summed E-state index contributed by atoms with van der Waals surface area (Å²) in [7, 11) is 3.99. The predicted molar refractivity (Wildman–Crippen MR) is 97.5 cm³/mol. The fourth-order valence-electron chi connectivity index (χ4n) is 2.03. The van der Waals surface area contributed by atoms with Crippen molar-refractivity contribution in [1.82, 2.24) is 14.8 Å². The Hall–Kier alpha value is -1.63. The highest BCUT2D eigenvalue weighted by molar-refractivity contribution is 7.09. The van der Waals surface area contributed by atoms with E-state index in [1.54, 1.807) is 24.0 Å². The second-order valence-electron chi connectivity index (χ2n) is 5.72. The first kappa shape index (κ1) is 18.7. The maximum atomic E-state index is 11.8. The third kappa shape index (κ3) is 6.11. The SMILES string of the molecule is CC(=O)N(CCN(C)C)Cc1csc(COc2ccc(Cl)cc2)n1. The third-order valence-electron chi connectivity index (χ3n) is 3.39. The second-order valence-corrected chi connectivity index (χ2v) is 7.10. The Balaban J connectivity index is 1.89. The molecule has 0 spiro atoms. The van der Waals surface area contributed by atoms with Gasteiger partial charge in [-0.25, -0.2) is 4.98 Å². The summed E-state index contributed by atoms with van der Waals surface area (Å²) >= 11 is 7.39. The molecule has 0 saturated heterocycles. The van der Waals surface area contributed by atoms with E-state index in [0.717, 1.165) is 23.0 Å². The number of likely N-dealkylation sites (N-methyl/N-ethyl adjacent to an activating group) is 1. The maximum Gasteiger partial charge on any atom is 0.219 e. The number of hydrogen-bond donors (Lipinski definition) is 0. The van der Waals surface area contributed by atoms with Gasteiger partial charge < -0.3 is 14.5 Å². The molecular formula is C17H22ClN3O2S. The number of halogens is 1. The molecular weight excluding hydrogens is 346 g/mol. The van der Waals surface area contributed by atoms with Crippen LogP contribution in [-0.4, -0.2) is 47.9 Å². The molecule has 130 valence electrons. The van der Waals surface area contributed by atoms with Crippen molar-refractivity contribution in [3.05, 3.63) is 45.4 Å². The van der Waals surface area contributed by atoms with E-state index in [2.05, 4.69) is 9.88 Å². The first-order valence-electron chi connectivity index (χ1n) is 7.66. The number of rotatable bonds is 8. The lowest BCUT2D eigenvalue weighted by molar-refractivity contribution is -0.129. The van der Waals surface area contributed by atoms with Gasteiger partial charge in [0.25, 0.3) is 0 Å². The molecule has 1 heterocycles. The molecule has 0 aliphatic heterocycles. The van der Waals surface area contributed by atoms with E-state index in [-0.39, 0.29) is 5.91 Å². The van der Waals surface area contributed by atoms with Gasteiger partial charge >= 0.3 is 0 Å². The summed E-state index contributed by atoms with van der Waals surface area (Å²) in [6.07, 6.45) is 0. The number of carbonyl (C=O) groups is 1. The average molecular weight is 368 g/mol. The van der Waals surface area contributed by atoms with Gasteiger partial charge in [0, 0.05) is 30.4 Å². The molecule has 1 amide bonds. The van der Waals surface area contributed by atoms with E-state index in [1.807, 2.05) is 31.6 Å². The van der Waals surface area contributed by atoms with Crippen molar-refractivity contribution in [2.24, 2.45) is 0 Å². The Bertz CT molecular complexity index is 658. The quantitative estimate of drug-likeness (QED) is 0.718. The van der Waals surface area contributed by atoms with Crippen LogP contribution in [0.4, 0.5) is 0 Å². The summed E-state index contributed by atoms with van der Waals surface area (Å²) in [6.45, 7) is 4.05. The van der Waals surface area contributed by atoms with Crippen LogP contribution in [0, 0.1) is 0 Å². The fraction of sp³-hybridized carbons (Fsp3) is 0.412. The summed E-state index contributed by atoms with van der Waals surface area (Å²) in [4.78, 5) is 20.2. The summed E-state index contributed by atoms with van der Waals surface area (Å²) in [6, 6.07) is 7.24. The molecule has 0 saturated carbocycles. The highest BCUT2D eigenvalue weighted by Crippen LogP contribution is 2.18. The molecule has 0 fully saturated rings. The average Bonchev–Trinajstić information content (AvgIpc) is 2.98. The molecule has 0 aliphatic rings. The van der Waals surface area contributed by atoms with Gasteiger partial charge in [-0.3, -0.25) is 4.79 Å². The van der Waals surface area contributed by atoms with E-state index in [0.29, 0.717) is 24.7 Å². The lowest BCUT2D eigenvalue weighted by Gasteiger charge is -2.22. The largest absolute Gasteiger partial charge is 0.486 e. The molecule has 0 unspecified atom stereocenters. The van der Waals surface area contributed by atoms with E-state index in [1.165, 1.54) is 11.3 Å². The van der Waals surface area contributed by atoms with Crippen LogP contribution in [0.1, 0.15) is 17.6 Å². The third-order valence-corrected chi connectivity index (χ3v) is 4.51. The molecule has 0 radical (unpaired) electrons. The van der Waals surface area contributed by atoms with Crippen molar-refractivity contribution in [1.29, 1.82) is 0 Å². The van der Waals surface area contributed by atoms with Gasteiger partial charge in [0.1, 0.15) is 17.4 Å². The van der Waals surface area contributed by atoms with Gasteiger partial charge in [0.2, 0.25) is 5.91 Å². The molecule has 1 aromatic carbocycles. The number of amides is 1. The van der Waals surface area contributed by atoms with Crippen molar-refractivity contribution in [2.75, 3.05) is 27.2 Å². The van der Waals surface area contributed by atoms with Crippen LogP contribution < -0.4 is 4.74 Å². The highest BCUT2D eigenvalue weighted by atomic mass is 35.5. The van der Waals surface area contributed by atoms with Crippen LogP contribution in [0.15, 0.2) is 29.6 Å². The van der Waals surface area contributed by atoms with E-state index in [4.69, 9.17) is 16.3 Å². The van der Waals surface area contributed by atoms with Crippen molar-refractivity contribution in [3.63, 3.8) is 0 Å². The van der Waals surface area contributed by atoms with Crippen LogP contribution >= 0.6 is 22.9 Å². The first-order chi connectivity index (χ1) is 11.4. The number of nitrogens with zero attached hydrogens (tertiary/aromatic N) is 3. The van der Waals surface area contributed by atoms with Crippen molar-refractivity contribution < 1.29 is 9.53 Å². The molecule has 1 aromatic heterocycles. The summed E-state index contributed by atoms with van der Waals surface area (Å²) in [5.74, 6) is 0.816. The Morgan fingerprint density at radius 3 is 2.58 bits per heavy atom. The summed E-state index contributed by atoms with van der Waals surface area (Å²) in [5, 5.41) is 3.54. The lowest BCUT2D eigenvalue weighted by atomic mass is 10.3. The molecule has 5 nitrogen and oxygen atoms in total. The van der Waals surface area contributed by atoms with Gasteiger partial charge in [-0.05, 0) is 38.4 Å². The molecule has 24 heavy (non-hydrogen) atoms. The van der Waals surface area contributed by atoms with Crippen LogP contribution in [-0.2, 0) is 17.9 Å². The van der Waals surface area contributed by atoms with Gasteiger partial charge in [-0.1, -0.05) is 11.6 Å². The monoisotopic (exact) mass is 367 g/mol. The van der Waals surface area contributed by atoms with Crippen LogP contribution in [0.25, 0.3) is 0 Å². The Labute approximate surface area is 151 Å². The van der Waals surface area contributed by atoms with Crippen LogP contribution in [0.5, 0.6) is 5.75 Å². The van der Waals surface area contributed by atoms with Gasteiger partial charge in [0.15, 0.2) is 0 Å². The number of thiazole rings is 1. The van der Waals surface area contributed by atoms with E-state index < -0.39 is 0 Å². The molecule has 0 bridgehead atoms. The van der Waals surface area contributed by atoms with Gasteiger partial charge in [0.05, 0.1) is 12.2 Å². The molecule has 2 aromatic rings. The Kier molecular flexibility index (Phi) is 7.02. The number of aromatic nitrogens is 1. The number of benzene rings is 1. The first-order valence-corrected chi connectivity index (χ1v) is 8.91. The zero-order valence-electron chi connectivity index (χ0n) is 14.2. The minimum absolute atomic E-state index is 0.0591. The number of ether oxygens (including phenoxy) is 1. The molecule has 7 heteroatoms. The van der Waals surface area contributed by atoms with Crippen LogP contribution in [0.3, 0.4) is 0 Å². The fourth-order valence-corrected chi connectivity index (χ4v) is 2.85. The predicted octanol–water partition coefficient (Wildman–Crippen LogP) is 3.29. The molecule has 0 atom stereocenters. The van der Waals surface area contributed by atoms with E-state index in [9.17, 15) is 4.79 Å². The zero-order valence-corrected chi connectivity index (χ0v) is 15.7. The standard InChI is InChI=1S/C17H22ClN3O2S/c1-13(22)21(9-8-20(2)3)10-15-12-24-17(19-15)11-23-16-6-4-14(18)5-7-16/h4-7,12H,8-11H2,1-3H3. The van der Waals surface area contributed by atoms with E-state index >= 15 is 0 Å². The molecule has 0 N–H and O–H groups in total. The van der Waals surface area contributed by atoms with Crippen LogP contribution in [0.2, 0.25) is 5.02 Å². The van der Waals surface area contributed by atoms with Crippen molar-refractivity contribution >= 4 is 28.8 Å².